The molecule has 4 aromatic rings. The Hall–Kier alpha value is -4.10. The molecule has 1 amide bonds. The molecule has 4 rings (SSSR count). The average molecular weight is 460 g/mol. The molecule has 33 heavy (non-hydrogen) atoms. The van der Waals surface area contributed by atoms with Crippen molar-refractivity contribution in [2.24, 2.45) is 0 Å². The van der Waals surface area contributed by atoms with Crippen LogP contribution in [0.1, 0.15) is 16.8 Å². The van der Waals surface area contributed by atoms with Crippen molar-refractivity contribution in [1.29, 1.82) is 5.26 Å². The molecule has 0 aliphatic rings. The maximum absolute atomic E-state index is 12.9. The molecular weight excluding hydrogens is 438 g/mol. The van der Waals surface area contributed by atoms with Gasteiger partial charge >= 0.3 is 0 Å². The standard InChI is InChI=1S/C23H21N7O2S/c1-15-16(2)29(17-7-5-4-6-8-17)22(20(15)13-24)25-21(31)14-33-23-26-27-28-30(23)18-9-11-19(32-3)12-10-18/h4-12H,14H2,1-3H3,(H,25,31). The van der Waals surface area contributed by atoms with Crippen LogP contribution in [0, 0.1) is 25.2 Å². The van der Waals surface area contributed by atoms with Gasteiger partial charge in [0.05, 0.1) is 24.1 Å². The second-order valence-electron chi connectivity index (χ2n) is 7.12. The third-order valence-corrected chi connectivity index (χ3v) is 6.11. The highest BCUT2D eigenvalue weighted by atomic mass is 32.2. The van der Waals surface area contributed by atoms with Crippen molar-refractivity contribution in [2.45, 2.75) is 19.0 Å². The summed E-state index contributed by atoms with van der Waals surface area (Å²) in [4.78, 5) is 12.9. The van der Waals surface area contributed by atoms with Crippen molar-refractivity contribution in [3.8, 4) is 23.2 Å². The van der Waals surface area contributed by atoms with Gasteiger partial charge < -0.3 is 10.1 Å². The van der Waals surface area contributed by atoms with Crippen molar-refractivity contribution in [1.82, 2.24) is 24.8 Å². The number of anilines is 1. The van der Waals surface area contributed by atoms with Crippen LogP contribution in [-0.4, -0.2) is 43.5 Å². The van der Waals surface area contributed by atoms with Crippen LogP contribution in [0.2, 0.25) is 0 Å². The predicted octanol–water partition coefficient (Wildman–Crippen LogP) is 3.68. The fourth-order valence-corrected chi connectivity index (χ4v) is 4.10. The molecule has 10 heteroatoms. The number of nitrogens with zero attached hydrogens (tertiary/aromatic N) is 6. The normalized spacial score (nSPS) is 10.6. The van der Waals surface area contributed by atoms with Crippen LogP contribution in [0.15, 0.2) is 59.8 Å². The number of amides is 1. The molecule has 0 radical (unpaired) electrons. The molecule has 0 spiro atoms. The number of methoxy groups -OCH3 is 1. The fourth-order valence-electron chi connectivity index (χ4n) is 3.41. The van der Waals surface area contributed by atoms with E-state index in [2.05, 4.69) is 26.9 Å². The molecule has 0 saturated carbocycles. The summed E-state index contributed by atoms with van der Waals surface area (Å²) < 4.78 is 8.62. The molecule has 2 aromatic heterocycles. The van der Waals surface area contributed by atoms with Gasteiger partial charge in [-0.15, -0.1) is 5.10 Å². The Labute approximate surface area is 195 Å². The molecule has 9 nitrogen and oxygen atoms in total. The van der Waals surface area contributed by atoms with E-state index in [1.54, 1.807) is 11.8 Å². The molecule has 1 N–H and O–H groups in total. The summed E-state index contributed by atoms with van der Waals surface area (Å²) in [5, 5.41) is 24.9. The van der Waals surface area contributed by atoms with Crippen LogP contribution in [0.25, 0.3) is 11.4 Å². The topological polar surface area (TPSA) is 111 Å². The van der Waals surface area contributed by atoms with Crippen molar-refractivity contribution in [2.75, 3.05) is 18.2 Å². The lowest BCUT2D eigenvalue weighted by molar-refractivity contribution is -0.113. The number of ether oxygens (including phenoxy) is 1. The number of nitrogens with one attached hydrogen (secondary N) is 1. The van der Waals surface area contributed by atoms with Crippen LogP contribution >= 0.6 is 11.8 Å². The summed E-state index contributed by atoms with van der Waals surface area (Å²) >= 11 is 1.20. The van der Waals surface area contributed by atoms with Gasteiger partial charge in [-0.3, -0.25) is 9.36 Å². The summed E-state index contributed by atoms with van der Waals surface area (Å²) in [6, 6.07) is 19.1. The van der Waals surface area contributed by atoms with Crippen LogP contribution < -0.4 is 10.1 Å². The Balaban J connectivity index is 1.54. The van der Waals surface area contributed by atoms with E-state index >= 15 is 0 Å². The van der Waals surface area contributed by atoms with Crippen LogP contribution in [0.5, 0.6) is 5.75 Å². The van der Waals surface area contributed by atoms with Gasteiger partial charge in [-0.2, -0.15) is 9.94 Å². The summed E-state index contributed by atoms with van der Waals surface area (Å²) in [5.41, 5.74) is 3.78. The average Bonchev–Trinajstić information content (AvgIpc) is 3.40. The lowest BCUT2D eigenvalue weighted by atomic mass is 10.2. The first-order chi connectivity index (χ1) is 16.0. The number of para-hydroxylation sites is 1. The van der Waals surface area contributed by atoms with Crippen molar-refractivity contribution >= 4 is 23.5 Å². The van der Waals surface area contributed by atoms with E-state index in [-0.39, 0.29) is 11.7 Å². The molecule has 0 aliphatic heterocycles. The van der Waals surface area contributed by atoms with E-state index in [1.165, 1.54) is 11.8 Å². The highest BCUT2D eigenvalue weighted by Crippen LogP contribution is 2.30. The largest absolute Gasteiger partial charge is 0.497 e. The van der Waals surface area contributed by atoms with E-state index in [0.717, 1.165) is 28.4 Å². The summed E-state index contributed by atoms with van der Waals surface area (Å²) in [6.45, 7) is 3.80. The quantitative estimate of drug-likeness (QED) is 0.420. The molecule has 2 heterocycles. The first-order valence-corrected chi connectivity index (χ1v) is 11.0. The Morgan fingerprint density at radius 2 is 1.85 bits per heavy atom. The zero-order valence-electron chi connectivity index (χ0n) is 18.3. The van der Waals surface area contributed by atoms with Gasteiger partial charge in [0.2, 0.25) is 11.1 Å². The van der Waals surface area contributed by atoms with Gasteiger partial charge in [0, 0.05) is 11.4 Å². The molecule has 0 saturated heterocycles. The summed E-state index contributed by atoms with van der Waals surface area (Å²) in [7, 11) is 1.60. The van der Waals surface area contributed by atoms with Gasteiger partial charge in [0.15, 0.2) is 0 Å². The maximum atomic E-state index is 12.9. The number of carbonyl (C=O) groups is 1. The first-order valence-electron chi connectivity index (χ1n) is 10.1. The van der Waals surface area contributed by atoms with Crippen LogP contribution in [0.3, 0.4) is 0 Å². The third kappa shape index (κ3) is 4.44. The van der Waals surface area contributed by atoms with Gasteiger partial charge in [0.25, 0.3) is 0 Å². The maximum Gasteiger partial charge on any atom is 0.236 e. The Bertz CT molecular complexity index is 1320. The number of tetrazole rings is 1. The number of hydrogen-bond acceptors (Lipinski definition) is 7. The minimum Gasteiger partial charge on any atom is -0.497 e. The van der Waals surface area contributed by atoms with Crippen molar-refractivity contribution in [3.63, 3.8) is 0 Å². The highest BCUT2D eigenvalue weighted by molar-refractivity contribution is 7.99. The number of thioether (sulfide) groups is 1. The van der Waals surface area contributed by atoms with E-state index in [9.17, 15) is 10.1 Å². The fraction of sp³-hybridized carbons (Fsp3) is 0.174. The smallest absolute Gasteiger partial charge is 0.236 e. The SMILES string of the molecule is COc1ccc(-n2nnnc2SCC(=O)Nc2c(C#N)c(C)c(C)n2-c2ccccc2)cc1. The van der Waals surface area contributed by atoms with E-state index in [0.29, 0.717) is 16.5 Å². The zero-order chi connectivity index (χ0) is 23.4. The molecule has 2 aromatic carbocycles. The highest BCUT2D eigenvalue weighted by Gasteiger charge is 2.21. The second-order valence-corrected chi connectivity index (χ2v) is 8.07. The monoisotopic (exact) mass is 459 g/mol. The second kappa shape index (κ2) is 9.58. The van der Waals surface area contributed by atoms with Crippen molar-refractivity contribution < 1.29 is 9.53 Å². The Morgan fingerprint density at radius 3 is 2.52 bits per heavy atom. The Kier molecular flexibility index (Phi) is 6.42. The zero-order valence-corrected chi connectivity index (χ0v) is 19.1. The lowest BCUT2D eigenvalue weighted by Gasteiger charge is -2.13. The lowest BCUT2D eigenvalue weighted by Crippen LogP contribution is -2.18. The summed E-state index contributed by atoms with van der Waals surface area (Å²) in [5.74, 6) is 0.981. The first kappa shape index (κ1) is 22.1. The number of carbonyl (C=O) groups excluding carboxylic acids is 1. The van der Waals surface area contributed by atoms with Gasteiger partial charge in [-0.1, -0.05) is 30.0 Å². The van der Waals surface area contributed by atoms with Gasteiger partial charge in [0.1, 0.15) is 17.6 Å². The predicted molar refractivity (Wildman–Crippen MR) is 125 cm³/mol. The number of hydrogen-bond donors (Lipinski definition) is 1. The third-order valence-electron chi connectivity index (χ3n) is 5.19. The Morgan fingerprint density at radius 1 is 1.12 bits per heavy atom. The molecular formula is C23H21N7O2S. The number of benzene rings is 2. The number of rotatable bonds is 7. The van der Waals surface area contributed by atoms with Gasteiger partial charge in [-0.25, -0.2) is 0 Å². The minimum absolute atomic E-state index is 0.0689. The van der Waals surface area contributed by atoms with Crippen LogP contribution in [-0.2, 0) is 4.79 Å². The molecule has 166 valence electrons. The molecule has 0 unspecified atom stereocenters. The molecule has 0 aliphatic carbocycles. The molecule has 0 fully saturated rings. The number of nitriles is 1. The molecule has 0 atom stereocenters. The van der Waals surface area contributed by atoms with Crippen molar-refractivity contribution in [3.05, 3.63) is 71.4 Å². The number of aromatic nitrogens is 5. The van der Waals surface area contributed by atoms with Crippen LogP contribution in [0.4, 0.5) is 5.82 Å². The van der Waals surface area contributed by atoms with Gasteiger partial charge in [-0.05, 0) is 66.2 Å². The summed E-state index contributed by atoms with van der Waals surface area (Å²) in [6.07, 6.45) is 0. The van der Waals surface area contributed by atoms with E-state index in [1.807, 2.05) is 73.0 Å². The molecule has 0 bridgehead atoms. The van der Waals surface area contributed by atoms with E-state index < -0.39 is 0 Å². The minimum atomic E-state index is -0.268. The van der Waals surface area contributed by atoms with E-state index in [4.69, 9.17) is 4.74 Å².